The molecule has 3 nitrogen and oxygen atoms in total. The van der Waals surface area contributed by atoms with Crippen molar-refractivity contribution >= 4 is 5.97 Å². The average molecular weight is 281 g/mol. The summed E-state index contributed by atoms with van der Waals surface area (Å²) in [6, 6.07) is -2.14. The number of hydrogen-bond acceptors (Lipinski definition) is 3. The predicted molar refractivity (Wildman–Crippen MR) is 65.3 cm³/mol. The van der Waals surface area contributed by atoms with Crippen molar-refractivity contribution in [3.8, 4) is 0 Å². The molecule has 0 aromatic carbocycles. The van der Waals surface area contributed by atoms with Crippen LogP contribution in [-0.2, 0) is 9.53 Å². The Kier molecular flexibility index (Phi) is 5.64. The van der Waals surface area contributed by atoms with E-state index < -0.39 is 30.2 Å². The van der Waals surface area contributed by atoms with Crippen molar-refractivity contribution in [2.45, 2.75) is 64.3 Å². The summed E-state index contributed by atoms with van der Waals surface area (Å²) in [7, 11) is 0. The van der Waals surface area contributed by atoms with Crippen LogP contribution in [0.2, 0.25) is 0 Å². The number of alkyl halides is 3. The van der Waals surface area contributed by atoms with Gasteiger partial charge in [-0.05, 0) is 26.2 Å². The fourth-order valence-electron chi connectivity index (χ4n) is 2.54. The van der Waals surface area contributed by atoms with Crippen LogP contribution < -0.4 is 5.73 Å². The minimum Gasteiger partial charge on any atom is -0.463 e. The van der Waals surface area contributed by atoms with Gasteiger partial charge in [0.25, 0.3) is 0 Å². The minimum absolute atomic E-state index is 0.151. The summed E-state index contributed by atoms with van der Waals surface area (Å²) in [5, 5.41) is 0. The van der Waals surface area contributed by atoms with E-state index in [-0.39, 0.29) is 12.3 Å². The maximum atomic E-state index is 12.7. The van der Waals surface area contributed by atoms with Crippen LogP contribution in [0.25, 0.3) is 0 Å². The van der Waals surface area contributed by atoms with Crippen LogP contribution in [0.4, 0.5) is 13.2 Å². The molecule has 0 aromatic rings. The Hall–Kier alpha value is -0.780. The lowest BCUT2D eigenvalue weighted by Gasteiger charge is -2.27. The van der Waals surface area contributed by atoms with Crippen LogP contribution in [0.15, 0.2) is 0 Å². The molecule has 1 rings (SSSR count). The molecule has 2 atom stereocenters. The van der Waals surface area contributed by atoms with Gasteiger partial charge >= 0.3 is 12.1 Å². The van der Waals surface area contributed by atoms with E-state index in [9.17, 15) is 18.0 Å². The fourth-order valence-corrected chi connectivity index (χ4v) is 2.54. The van der Waals surface area contributed by atoms with E-state index in [0.29, 0.717) is 0 Å². The Bertz CT molecular complexity index is 299. The third-order valence-electron chi connectivity index (χ3n) is 3.53. The molecule has 0 aliphatic heterocycles. The lowest BCUT2D eigenvalue weighted by atomic mass is 9.88. The number of halogens is 3. The average Bonchev–Trinajstić information content (AvgIpc) is 2.75. The zero-order valence-corrected chi connectivity index (χ0v) is 11.4. The molecular formula is C13H22F3NO2. The lowest BCUT2D eigenvalue weighted by molar-refractivity contribution is -0.179. The van der Waals surface area contributed by atoms with Gasteiger partial charge in [-0.2, -0.15) is 13.2 Å². The van der Waals surface area contributed by atoms with E-state index in [1.54, 1.807) is 13.8 Å². The van der Waals surface area contributed by atoms with E-state index in [2.05, 4.69) is 0 Å². The molecule has 6 heteroatoms. The van der Waals surface area contributed by atoms with Gasteiger partial charge in [-0.1, -0.05) is 25.7 Å². The predicted octanol–water partition coefficient (Wildman–Crippen LogP) is 3.02. The topological polar surface area (TPSA) is 52.3 Å². The van der Waals surface area contributed by atoms with Gasteiger partial charge in [0.1, 0.15) is 6.04 Å². The van der Waals surface area contributed by atoms with Crippen LogP contribution in [0.5, 0.6) is 0 Å². The first-order chi connectivity index (χ1) is 8.71. The largest absolute Gasteiger partial charge is 0.463 e. The molecule has 0 heterocycles. The van der Waals surface area contributed by atoms with Gasteiger partial charge in [0.05, 0.1) is 12.0 Å². The number of esters is 1. The van der Waals surface area contributed by atoms with E-state index in [0.717, 1.165) is 25.7 Å². The monoisotopic (exact) mass is 281 g/mol. The van der Waals surface area contributed by atoms with Crippen molar-refractivity contribution in [1.29, 1.82) is 0 Å². The van der Waals surface area contributed by atoms with Crippen molar-refractivity contribution in [2.75, 3.05) is 0 Å². The molecule has 0 amide bonds. The number of rotatable bonds is 5. The Morgan fingerprint density at radius 2 is 1.84 bits per heavy atom. The SMILES string of the molecule is CC(C)OC(=O)[C@@H](CC1CCCC1)[C@H](N)C(F)(F)F. The normalized spacial score (nSPS) is 20.6. The third-order valence-corrected chi connectivity index (χ3v) is 3.53. The van der Waals surface area contributed by atoms with Gasteiger partial charge in [-0.15, -0.1) is 0 Å². The molecule has 1 saturated carbocycles. The first kappa shape index (κ1) is 16.3. The zero-order chi connectivity index (χ0) is 14.6. The summed E-state index contributed by atoms with van der Waals surface area (Å²) in [4.78, 5) is 11.8. The van der Waals surface area contributed by atoms with Crippen LogP contribution in [-0.4, -0.2) is 24.3 Å². The van der Waals surface area contributed by atoms with E-state index >= 15 is 0 Å². The minimum atomic E-state index is -4.57. The van der Waals surface area contributed by atoms with Crippen LogP contribution in [0.1, 0.15) is 46.0 Å². The highest BCUT2D eigenvalue weighted by Gasteiger charge is 2.46. The second-order valence-corrected chi connectivity index (χ2v) is 5.55. The third kappa shape index (κ3) is 5.01. The molecule has 0 bridgehead atoms. The number of nitrogens with two attached hydrogens (primary N) is 1. The van der Waals surface area contributed by atoms with Gasteiger partial charge in [0, 0.05) is 0 Å². The molecule has 0 unspecified atom stereocenters. The van der Waals surface area contributed by atoms with E-state index in [1.807, 2.05) is 0 Å². The molecule has 112 valence electrons. The van der Waals surface area contributed by atoms with Crippen molar-refractivity contribution < 1.29 is 22.7 Å². The maximum Gasteiger partial charge on any atom is 0.404 e. The number of ether oxygens (including phenoxy) is 1. The lowest BCUT2D eigenvalue weighted by Crippen LogP contribution is -2.48. The van der Waals surface area contributed by atoms with Crippen LogP contribution >= 0.6 is 0 Å². The standard InChI is InChI=1S/C13H22F3NO2/c1-8(2)19-12(18)10(11(17)13(14,15)16)7-9-5-3-4-6-9/h8-11H,3-7,17H2,1-2H3/t10-,11-/m0/s1. The maximum absolute atomic E-state index is 12.7. The molecule has 0 radical (unpaired) electrons. The van der Waals surface area contributed by atoms with Crippen molar-refractivity contribution in [1.82, 2.24) is 0 Å². The smallest absolute Gasteiger partial charge is 0.404 e. The molecule has 2 N–H and O–H groups in total. The van der Waals surface area contributed by atoms with Gasteiger partial charge in [0.2, 0.25) is 0 Å². The molecule has 0 saturated heterocycles. The van der Waals surface area contributed by atoms with Crippen LogP contribution in [0, 0.1) is 11.8 Å². The molecule has 0 aromatic heterocycles. The van der Waals surface area contributed by atoms with Crippen molar-refractivity contribution in [3.63, 3.8) is 0 Å². The quantitative estimate of drug-likeness (QED) is 0.788. The van der Waals surface area contributed by atoms with Gasteiger partial charge < -0.3 is 10.5 Å². The molecule has 19 heavy (non-hydrogen) atoms. The number of carbonyl (C=O) groups excluding carboxylic acids is 1. The second kappa shape index (κ2) is 6.59. The molecule has 1 fully saturated rings. The van der Waals surface area contributed by atoms with Crippen molar-refractivity contribution in [2.24, 2.45) is 17.6 Å². The summed E-state index contributed by atoms with van der Waals surface area (Å²) < 4.78 is 43.1. The van der Waals surface area contributed by atoms with E-state index in [4.69, 9.17) is 10.5 Å². The Balaban J connectivity index is 2.74. The van der Waals surface area contributed by atoms with Crippen LogP contribution in [0.3, 0.4) is 0 Å². The first-order valence-corrected chi connectivity index (χ1v) is 6.74. The highest BCUT2D eigenvalue weighted by molar-refractivity contribution is 5.73. The number of hydrogen-bond donors (Lipinski definition) is 1. The summed E-state index contributed by atoms with van der Waals surface area (Å²) in [6.45, 7) is 3.23. The molecular weight excluding hydrogens is 259 g/mol. The zero-order valence-electron chi connectivity index (χ0n) is 11.4. The highest BCUT2D eigenvalue weighted by atomic mass is 19.4. The highest BCUT2D eigenvalue weighted by Crippen LogP contribution is 2.35. The summed E-state index contributed by atoms with van der Waals surface area (Å²) in [5.41, 5.74) is 5.22. The summed E-state index contributed by atoms with van der Waals surface area (Å²) >= 11 is 0. The van der Waals surface area contributed by atoms with Gasteiger partial charge in [-0.25, -0.2) is 0 Å². The summed E-state index contributed by atoms with van der Waals surface area (Å²) in [5.74, 6) is -1.96. The molecule has 0 spiro atoms. The number of carbonyl (C=O) groups is 1. The van der Waals surface area contributed by atoms with Gasteiger partial charge in [-0.3, -0.25) is 4.79 Å². The van der Waals surface area contributed by atoms with Gasteiger partial charge in [0.15, 0.2) is 0 Å². The van der Waals surface area contributed by atoms with Crippen molar-refractivity contribution in [3.05, 3.63) is 0 Å². The first-order valence-electron chi connectivity index (χ1n) is 6.74. The fraction of sp³-hybridized carbons (Fsp3) is 0.923. The van der Waals surface area contributed by atoms with E-state index in [1.165, 1.54) is 0 Å². The summed E-state index contributed by atoms with van der Waals surface area (Å²) in [6.07, 6.45) is -1.06. The second-order valence-electron chi connectivity index (χ2n) is 5.55. The Morgan fingerprint density at radius 3 is 2.26 bits per heavy atom. The molecule has 1 aliphatic rings. The Morgan fingerprint density at radius 1 is 1.32 bits per heavy atom. The Labute approximate surface area is 111 Å². The molecule has 1 aliphatic carbocycles.